The summed E-state index contributed by atoms with van der Waals surface area (Å²) in [6.07, 6.45) is -3.87. The summed E-state index contributed by atoms with van der Waals surface area (Å²) in [5.41, 5.74) is 11.1. The highest BCUT2D eigenvalue weighted by Gasteiger charge is 2.38. The molecule has 0 saturated heterocycles. The van der Waals surface area contributed by atoms with Crippen molar-refractivity contribution in [2.75, 3.05) is 11.9 Å². The predicted octanol–water partition coefficient (Wildman–Crippen LogP) is 3.94. The molecule has 7 N–H and O–H groups in total. The third kappa shape index (κ3) is 10.5. The summed E-state index contributed by atoms with van der Waals surface area (Å²) in [7, 11) is 0. The van der Waals surface area contributed by atoms with Gasteiger partial charge in [-0.15, -0.1) is 0 Å². The Balaban J connectivity index is 0.000000860. The number of aromatic nitrogens is 1. The SMILES string of the molecule is CCOc1cc(C(Nc2ccc(C(=N)N)cc2)C(=O)NNC(=O)c2ccccn2)c(F)cc1OC(C)C.O=C(O)C(F)(F)F. The second kappa shape index (κ2) is 15.7. The summed E-state index contributed by atoms with van der Waals surface area (Å²) in [5, 5.41) is 17.6. The molecule has 44 heavy (non-hydrogen) atoms. The minimum Gasteiger partial charge on any atom is -0.490 e. The van der Waals surface area contributed by atoms with Crippen LogP contribution in [-0.2, 0) is 9.59 Å². The number of amides is 2. The van der Waals surface area contributed by atoms with Crippen molar-refractivity contribution in [3.05, 3.63) is 83.4 Å². The molecule has 16 heteroatoms. The lowest BCUT2D eigenvalue weighted by atomic mass is 10.0. The van der Waals surface area contributed by atoms with Gasteiger partial charge in [0.25, 0.3) is 11.8 Å². The van der Waals surface area contributed by atoms with Crippen LogP contribution in [0.25, 0.3) is 0 Å². The number of carbonyl (C=O) groups is 3. The van der Waals surface area contributed by atoms with Crippen LogP contribution in [0.2, 0.25) is 0 Å². The molecule has 1 unspecified atom stereocenters. The zero-order valence-corrected chi connectivity index (χ0v) is 23.7. The maximum Gasteiger partial charge on any atom is 0.490 e. The van der Waals surface area contributed by atoms with E-state index in [1.54, 1.807) is 57.2 Å². The number of alkyl halides is 3. The van der Waals surface area contributed by atoms with E-state index in [2.05, 4.69) is 21.2 Å². The molecule has 0 fully saturated rings. The van der Waals surface area contributed by atoms with Gasteiger partial charge in [0.15, 0.2) is 11.5 Å². The number of hydrogen-bond donors (Lipinski definition) is 6. The summed E-state index contributed by atoms with van der Waals surface area (Å²) in [5.74, 6) is -4.53. The number of halogens is 4. The average molecular weight is 623 g/mol. The average Bonchev–Trinajstić information content (AvgIpc) is 2.96. The van der Waals surface area contributed by atoms with E-state index in [-0.39, 0.29) is 41.3 Å². The molecule has 12 nitrogen and oxygen atoms in total. The number of amidine groups is 1. The third-order valence-electron chi connectivity index (χ3n) is 5.24. The molecule has 0 aliphatic heterocycles. The molecular formula is C28H30F4N6O6. The maximum atomic E-state index is 15.4. The fraction of sp³-hybridized carbons (Fsp3) is 0.250. The van der Waals surface area contributed by atoms with Gasteiger partial charge in [-0.1, -0.05) is 6.07 Å². The minimum absolute atomic E-state index is 0.0419. The number of pyridine rings is 1. The number of carboxylic acids is 1. The van der Waals surface area contributed by atoms with Crippen LogP contribution in [0.15, 0.2) is 60.8 Å². The van der Waals surface area contributed by atoms with Crippen molar-refractivity contribution < 1.29 is 46.5 Å². The molecule has 3 aromatic rings. The molecule has 0 spiro atoms. The number of ether oxygens (including phenoxy) is 2. The van der Waals surface area contributed by atoms with Gasteiger partial charge in [0.2, 0.25) is 0 Å². The van der Waals surface area contributed by atoms with Gasteiger partial charge in [-0.25, -0.2) is 9.18 Å². The first-order valence-corrected chi connectivity index (χ1v) is 12.8. The van der Waals surface area contributed by atoms with Gasteiger partial charge in [0.05, 0.1) is 12.7 Å². The fourth-order valence-corrected chi connectivity index (χ4v) is 3.34. The number of nitrogens with zero attached hydrogens (tertiary/aromatic N) is 1. The number of nitrogens with one attached hydrogen (secondary N) is 4. The van der Waals surface area contributed by atoms with Crippen LogP contribution in [0, 0.1) is 11.2 Å². The van der Waals surface area contributed by atoms with Gasteiger partial charge in [-0.3, -0.25) is 30.8 Å². The molecule has 236 valence electrons. The highest BCUT2D eigenvalue weighted by atomic mass is 19.4. The Labute approximate surface area is 249 Å². The van der Waals surface area contributed by atoms with E-state index in [4.69, 9.17) is 30.5 Å². The number of carbonyl (C=O) groups excluding carboxylic acids is 2. The minimum atomic E-state index is -5.08. The van der Waals surface area contributed by atoms with Gasteiger partial charge in [-0.05, 0) is 63.2 Å². The Bertz CT molecular complexity index is 1450. The van der Waals surface area contributed by atoms with Gasteiger partial charge in [0, 0.05) is 29.1 Å². The lowest BCUT2D eigenvalue weighted by molar-refractivity contribution is -0.192. The molecule has 0 saturated carbocycles. The van der Waals surface area contributed by atoms with Gasteiger partial charge in [0.1, 0.15) is 23.4 Å². The quantitative estimate of drug-likeness (QED) is 0.0842. The normalized spacial score (nSPS) is 11.4. The number of aliphatic carboxylic acids is 1. The summed E-state index contributed by atoms with van der Waals surface area (Å²) in [6.45, 7) is 5.66. The molecule has 0 radical (unpaired) electrons. The molecule has 2 aromatic carbocycles. The highest BCUT2D eigenvalue weighted by molar-refractivity contribution is 5.96. The van der Waals surface area contributed by atoms with E-state index in [0.29, 0.717) is 11.3 Å². The number of nitrogen functional groups attached to an aromatic ring is 1. The summed E-state index contributed by atoms with van der Waals surface area (Å²) >= 11 is 0. The van der Waals surface area contributed by atoms with Crippen LogP contribution in [0.1, 0.15) is 48.4 Å². The van der Waals surface area contributed by atoms with Crippen LogP contribution in [0.4, 0.5) is 23.2 Å². The van der Waals surface area contributed by atoms with E-state index in [9.17, 15) is 22.8 Å². The smallest absolute Gasteiger partial charge is 0.490 e. The van der Waals surface area contributed by atoms with Crippen molar-refractivity contribution in [2.24, 2.45) is 5.73 Å². The lowest BCUT2D eigenvalue weighted by Crippen LogP contribution is -2.45. The number of anilines is 1. The van der Waals surface area contributed by atoms with Crippen molar-refractivity contribution in [3.63, 3.8) is 0 Å². The topological polar surface area (TPSA) is 189 Å². The van der Waals surface area contributed by atoms with Crippen LogP contribution in [-0.4, -0.2) is 52.6 Å². The number of hydrazine groups is 1. The fourth-order valence-electron chi connectivity index (χ4n) is 3.34. The van der Waals surface area contributed by atoms with Crippen molar-refractivity contribution >= 4 is 29.3 Å². The lowest BCUT2D eigenvalue weighted by Gasteiger charge is -2.23. The van der Waals surface area contributed by atoms with Gasteiger partial charge in [-0.2, -0.15) is 13.2 Å². The molecule has 3 rings (SSSR count). The number of nitrogens with two attached hydrogens (primary N) is 1. The number of benzene rings is 2. The molecular weight excluding hydrogens is 592 g/mol. The number of hydrogen-bond acceptors (Lipinski definition) is 8. The first-order valence-electron chi connectivity index (χ1n) is 12.8. The highest BCUT2D eigenvalue weighted by Crippen LogP contribution is 2.35. The van der Waals surface area contributed by atoms with Gasteiger partial charge < -0.3 is 25.6 Å². The Kier molecular flexibility index (Phi) is 12.4. The first-order chi connectivity index (χ1) is 20.6. The Morgan fingerprint density at radius 1 is 1.05 bits per heavy atom. The second-order valence-electron chi connectivity index (χ2n) is 8.95. The molecule has 1 atom stereocenters. The number of carboxylic acid groups (broad SMARTS) is 1. The Morgan fingerprint density at radius 3 is 2.18 bits per heavy atom. The molecule has 0 aliphatic rings. The van der Waals surface area contributed by atoms with E-state index in [0.717, 1.165) is 6.07 Å². The summed E-state index contributed by atoms with van der Waals surface area (Å²) < 4.78 is 58.4. The number of rotatable bonds is 10. The van der Waals surface area contributed by atoms with Crippen molar-refractivity contribution in [2.45, 2.75) is 39.1 Å². The molecule has 1 aromatic heterocycles. The summed E-state index contributed by atoms with van der Waals surface area (Å²) in [6, 6.07) is 12.4. The van der Waals surface area contributed by atoms with Crippen molar-refractivity contribution in [1.82, 2.24) is 15.8 Å². The standard InChI is InChI=1S/C26H29FN6O4.C2HF3O2/c1-4-36-21-13-18(19(27)14-22(21)37-15(2)3)23(31-17-10-8-16(9-11-17)24(28)29)26(35)33-32-25(34)20-7-5-6-12-30-20;3-2(4,5)1(6)7/h5-15,23,31H,4H2,1-3H3,(H3,28,29)(H,32,34)(H,33,35);(H,6,7). The third-order valence-corrected chi connectivity index (χ3v) is 5.24. The zero-order chi connectivity index (χ0) is 33.0. The van der Waals surface area contributed by atoms with Gasteiger partial charge >= 0.3 is 12.1 Å². The van der Waals surface area contributed by atoms with E-state index < -0.39 is 35.8 Å². The molecule has 0 aliphatic carbocycles. The molecule has 0 bridgehead atoms. The van der Waals surface area contributed by atoms with Crippen LogP contribution >= 0.6 is 0 Å². The Hall–Kier alpha value is -5.41. The monoisotopic (exact) mass is 622 g/mol. The van der Waals surface area contributed by atoms with E-state index >= 15 is 4.39 Å². The van der Waals surface area contributed by atoms with E-state index in [1.165, 1.54) is 18.3 Å². The largest absolute Gasteiger partial charge is 0.490 e. The maximum absolute atomic E-state index is 15.4. The van der Waals surface area contributed by atoms with Crippen molar-refractivity contribution in [1.29, 1.82) is 5.41 Å². The zero-order valence-electron chi connectivity index (χ0n) is 23.7. The van der Waals surface area contributed by atoms with Crippen LogP contribution in [0.3, 0.4) is 0 Å². The first kappa shape index (κ1) is 34.8. The predicted molar refractivity (Wildman–Crippen MR) is 151 cm³/mol. The van der Waals surface area contributed by atoms with Crippen molar-refractivity contribution in [3.8, 4) is 11.5 Å². The Morgan fingerprint density at radius 2 is 1.68 bits per heavy atom. The van der Waals surface area contributed by atoms with Crippen LogP contribution < -0.4 is 31.4 Å². The molecule has 2 amide bonds. The summed E-state index contributed by atoms with van der Waals surface area (Å²) in [4.78, 5) is 38.4. The van der Waals surface area contributed by atoms with Crippen LogP contribution in [0.5, 0.6) is 11.5 Å². The van der Waals surface area contributed by atoms with E-state index in [1.807, 2.05) is 0 Å². The second-order valence-corrected chi connectivity index (χ2v) is 8.95. The molecule has 1 heterocycles.